The molecule has 3 aliphatic carbocycles. The summed E-state index contributed by atoms with van der Waals surface area (Å²) in [5.74, 6) is -0.665. The molecule has 2 amide bonds. The standard InChI is InChI=1S/C38H47N5O7S/c1-22-16-23(2)43(40-22)34-19-33(28-13-14-32(49-5)24(3)35(28)39-34)50-26-17-29-30(18-26)36(45)42(4)15-9-7-6-8-10-25-20-38(25,21-31(29)44)37(46)41-51(47,48)27-11-12-27/h8,10,13-14,16,19,25-27,29-30H,6-7,9,11-12,15,17-18,20-21H2,1-5H3,(H,41,46)/b10-8-/t25-,26-,29-,30-,38-/m1/s1. The number of hydrogen-bond acceptors (Lipinski definition) is 9. The smallest absolute Gasteiger partial charge is 0.240 e. The van der Waals surface area contributed by atoms with Crippen molar-refractivity contribution in [3.63, 3.8) is 0 Å². The van der Waals surface area contributed by atoms with Gasteiger partial charge in [0.15, 0.2) is 5.82 Å². The number of sulfonamides is 1. The Morgan fingerprint density at radius 2 is 1.80 bits per heavy atom. The SMILES string of the molecule is COc1ccc2c(O[C@@H]3C[C@H]4C(=O)C[C@]5(C(=O)NS(=O)(=O)C6CC6)C[C@H]5/C=C\CCCCN(C)C(=O)[C@@H]4C3)cc(-n3nc(C)cc3C)nc2c1C. The van der Waals surface area contributed by atoms with E-state index in [1.807, 2.05) is 57.2 Å². The molecule has 0 unspecified atom stereocenters. The molecule has 272 valence electrons. The fourth-order valence-electron chi connectivity index (χ4n) is 8.08. The molecule has 2 aromatic heterocycles. The van der Waals surface area contributed by atoms with Gasteiger partial charge in [-0.1, -0.05) is 12.2 Å². The Bertz CT molecular complexity index is 2040. The number of carbonyl (C=O) groups is 3. The number of ether oxygens (including phenoxy) is 2. The maximum atomic E-state index is 14.4. The van der Waals surface area contributed by atoms with Crippen molar-refractivity contribution in [3.8, 4) is 17.3 Å². The molecule has 13 heteroatoms. The van der Waals surface area contributed by atoms with E-state index in [4.69, 9.17) is 14.5 Å². The molecule has 7 rings (SSSR count). The van der Waals surface area contributed by atoms with E-state index in [-0.39, 0.29) is 30.4 Å². The van der Waals surface area contributed by atoms with Crippen LogP contribution in [0.4, 0.5) is 0 Å². The van der Waals surface area contributed by atoms with E-state index >= 15 is 0 Å². The molecule has 3 saturated carbocycles. The number of nitrogens with one attached hydrogen (secondary N) is 1. The maximum absolute atomic E-state index is 14.4. The van der Waals surface area contributed by atoms with Gasteiger partial charge >= 0.3 is 0 Å². The Morgan fingerprint density at radius 3 is 2.51 bits per heavy atom. The monoisotopic (exact) mass is 717 g/mol. The summed E-state index contributed by atoms with van der Waals surface area (Å²) in [6.45, 7) is 6.40. The lowest BCUT2D eigenvalue weighted by Gasteiger charge is -2.26. The Balaban J connectivity index is 1.22. The van der Waals surface area contributed by atoms with E-state index in [9.17, 15) is 22.8 Å². The number of hydrogen-bond donors (Lipinski definition) is 1. The summed E-state index contributed by atoms with van der Waals surface area (Å²) in [5, 5.41) is 4.87. The highest BCUT2D eigenvalue weighted by molar-refractivity contribution is 7.90. The minimum Gasteiger partial charge on any atom is -0.496 e. The molecule has 0 spiro atoms. The Hall–Kier alpha value is -4.26. The molecule has 1 aromatic carbocycles. The highest BCUT2D eigenvalue weighted by atomic mass is 32.2. The largest absolute Gasteiger partial charge is 0.496 e. The Kier molecular flexibility index (Phi) is 9.22. The predicted octanol–water partition coefficient (Wildman–Crippen LogP) is 4.90. The van der Waals surface area contributed by atoms with Crippen molar-refractivity contribution in [1.29, 1.82) is 0 Å². The maximum Gasteiger partial charge on any atom is 0.240 e. The molecule has 0 radical (unpaired) electrons. The lowest BCUT2D eigenvalue weighted by atomic mass is 9.84. The first-order valence-corrected chi connectivity index (χ1v) is 19.5. The summed E-state index contributed by atoms with van der Waals surface area (Å²) < 4.78 is 42.1. The molecule has 3 heterocycles. The summed E-state index contributed by atoms with van der Waals surface area (Å²) in [5.41, 5.74) is 2.15. The molecule has 1 aliphatic heterocycles. The van der Waals surface area contributed by atoms with Gasteiger partial charge in [0.05, 0.1) is 34.9 Å². The number of methoxy groups -OCH3 is 1. The molecule has 5 atom stereocenters. The predicted molar refractivity (Wildman–Crippen MR) is 191 cm³/mol. The van der Waals surface area contributed by atoms with Crippen molar-refractivity contribution in [2.45, 2.75) is 89.9 Å². The van der Waals surface area contributed by atoms with Crippen molar-refractivity contribution >= 4 is 38.5 Å². The van der Waals surface area contributed by atoms with Gasteiger partial charge < -0.3 is 14.4 Å². The number of carbonyl (C=O) groups excluding carboxylic acids is 3. The number of benzene rings is 1. The van der Waals surface area contributed by atoms with E-state index in [1.165, 1.54) is 0 Å². The average Bonchev–Trinajstić information content (AvgIpc) is 3.99. The summed E-state index contributed by atoms with van der Waals surface area (Å²) in [7, 11) is -0.393. The first-order valence-electron chi connectivity index (χ1n) is 18.0. The number of allylic oxidation sites excluding steroid dienone is 2. The van der Waals surface area contributed by atoms with Crippen LogP contribution in [0.5, 0.6) is 11.5 Å². The van der Waals surface area contributed by atoms with Crippen LogP contribution in [0, 0.1) is 43.9 Å². The number of fused-ring (bicyclic) bond motifs is 3. The van der Waals surface area contributed by atoms with Gasteiger partial charge in [-0.15, -0.1) is 0 Å². The van der Waals surface area contributed by atoms with Gasteiger partial charge in [-0.3, -0.25) is 19.1 Å². The zero-order valence-electron chi connectivity index (χ0n) is 30.0. The van der Waals surface area contributed by atoms with Crippen LogP contribution >= 0.6 is 0 Å². The van der Waals surface area contributed by atoms with E-state index < -0.39 is 44.5 Å². The van der Waals surface area contributed by atoms with Crippen LogP contribution in [-0.2, 0) is 24.4 Å². The van der Waals surface area contributed by atoms with Crippen LogP contribution in [0.1, 0.15) is 74.7 Å². The molecule has 4 aliphatic rings. The van der Waals surface area contributed by atoms with Gasteiger partial charge in [0.25, 0.3) is 0 Å². The number of ketones is 1. The number of aromatic nitrogens is 3. The third-order valence-corrected chi connectivity index (χ3v) is 13.1. The summed E-state index contributed by atoms with van der Waals surface area (Å²) in [6, 6.07) is 7.60. The van der Waals surface area contributed by atoms with Gasteiger partial charge in [-0.05, 0) is 96.3 Å². The average molecular weight is 718 g/mol. The quantitative estimate of drug-likeness (QED) is 0.337. The molecule has 3 aromatic rings. The molecular weight excluding hydrogens is 671 g/mol. The molecule has 3 fully saturated rings. The van der Waals surface area contributed by atoms with Gasteiger partial charge in [0.2, 0.25) is 21.8 Å². The van der Waals surface area contributed by atoms with E-state index in [0.717, 1.165) is 41.6 Å². The lowest BCUT2D eigenvalue weighted by molar-refractivity contribution is -0.140. The van der Waals surface area contributed by atoms with Gasteiger partial charge in [0, 0.05) is 48.6 Å². The van der Waals surface area contributed by atoms with E-state index in [1.54, 1.807) is 23.7 Å². The molecule has 12 nitrogen and oxygen atoms in total. The minimum atomic E-state index is -3.79. The second kappa shape index (κ2) is 13.4. The first kappa shape index (κ1) is 35.2. The third kappa shape index (κ3) is 6.76. The van der Waals surface area contributed by atoms with Crippen molar-refractivity contribution in [2.75, 3.05) is 20.7 Å². The van der Waals surface area contributed by atoms with Crippen LogP contribution in [0.15, 0.2) is 36.4 Å². The molecule has 0 bridgehead atoms. The zero-order chi connectivity index (χ0) is 36.2. The van der Waals surface area contributed by atoms with Gasteiger partial charge in [0.1, 0.15) is 23.4 Å². The normalized spacial score (nSPS) is 27.7. The number of aryl methyl sites for hydroxylation is 3. The van der Waals surface area contributed by atoms with E-state index in [0.29, 0.717) is 55.1 Å². The number of nitrogens with zero attached hydrogens (tertiary/aromatic N) is 4. The number of rotatable bonds is 7. The van der Waals surface area contributed by atoms with Crippen molar-refractivity contribution < 1.29 is 32.3 Å². The molecule has 51 heavy (non-hydrogen) atoms. The van der Waals surface area contributed by atoms with Crippen LogP contribution < -0.4 is 14.2 Å². The number of pyridine rings is 1. The van der Waals surface area contributed by atoms with Crippen LogP contribution in [0.25, 0.3) is 16.7 Å². The van der Waals surface area contributed by atoms with Crippen LogP contribution in [0.2, 0.25) is 0 Å². The van der Waals surface area contributed by atoms with Crippen LogP contribution in [-0.4, -0.2) is 77.7 Å². The summed E-state index contributed by atoms with van der Waals surface area (Å²) in [4.78, 5) is 48.8. The fourth-order valence-corrected chi connectivity index (χ4v) is 9.46. The van der Waals surface area contributed by atoms with E-state index in [2.05, 4.69) is 9.82 Å². The lowest BCUT2D eigenvalue weighted by Crippen LogP contribution is -2.42. The highest BCUT2D eigenvalue weighted by Gasteiger charge is 2.61. The third-order valence-electron chi connectivity index (χ3n) is 11.3. The first-order chi connectivity index (χ1) is 24.3. The topological polar surface area (TPSA) is 150 Å². The zero-order valence-corrected chi connectivity index (χ0v) is 30.8. The Morgan fingerprint density at radius 1 is 1.04 bits per heavy atom. The second-order valence-corrected chi connectivity index (χ2v) is 17.0. The summed E-state index contributed by atoms with van der Waals surface area (Å²) >= 11 is 0. The van der Waals surface area contributed by atoms with Gasteiger partial charge in [-0.2, -0.15) is 5.10 Å². The fraction of sp³-hybridized carbons (Fsp3) is 0.553. The highest BCUT2D eigenvalue weighted by Crippen LogP contribution is 2.58. The van der Waals surface area contributed by atoms with Gasteiger partial charge in [-0.25, -0.2) is 18.1 Å². The van der Waals surface area contributed by atoms with Crippen molar-refractivity contribution in [1.82, 2.24) is 24.4 Å². The number of Topliss-reactive ketones (excluding diaryl/α,β-unsaturated/α-hetero) is 1. The number of amides is 2. The second-order valence-electron chi connectivity index (χ2n) is 15.0. The van der Waals surface area contributed by atoms with Crippen molar-refractivity contribution in [2.24, 2.45) is 23.2 Å². The Labute approximate surface area is 299 Å². The molecule has 1 N–H and O–H groups in total. The van der Waals surface area contributed by atoms with Crippen LogP contribution in [0.3, 0.4) is 0 Å². The minimum absolute atomic E-state index is 0.113. The van der Waals surface area contributed by atoms with Crippen molar-refractivity contribution in [3.05, 3.63) is 53.4 Å². The molecule has 0 saturated heterocycles. The molecular formula is C38H47N5O7S. The summed E-state index contributed by atoms with van der Waals surface area (Å²) in [6.07, 6.45) is 7.90.